The van der Waals surface area contributed by atoms with E-state index in [9.17, 15) is 0 Å². The molecule has 4 N–H and O–H groups in total. The standard InChI is InChI=1S/C8H18N2O2S/c1-6(2)9-7(13)10-8(3,4-11)5-12/h6,11-12H,4-5H2,1-3H3,(H2,9,10,13). The summed E-state index contributed by atoms with van der Waals surface area (Å²) in [5, 5.41) is 24.2. The highest BCUT2D eigenvalue weighted by Gasteiger charge is 2.22. The van der Waals surface area contributed by atoms with Crippen molar-refractivity contribution in [3.8, 4) is 0 Å². The quantitative estimate of drug-likeness (QED) is 0.472. The minimum absolute atomic E-state index is 0.163. The van der Waals surface area contributed by atoms with Crippen molar-refractivity contribution in [2.24, 2.45) is 0 Å². The first kappa shape index (κ1) is 12.6. The van der Waals surface area contributed by atoms with Crippen molar-refractivity contribution in [1.29, 1.82) is 0 Å². The van der Waals surface area contributed by atoms with Gasteiger partial charge in [-0.3, -0.25) is 0 Å². The van der Waals surface area contributed by atoms with E-state index in [1.165, 1.54) is 0 Å². The Labute approximate surface area is 84.3 Å². The SMILES string of the molecule is CC(C)NC(=S)NC(C)(CO)CO. The van der Waals surface area contributed by atoms with E-state index in [4.69, 9.17) is 22.4 Å². The summed E-state index contributed by atoms with van der Waals surface area (Å²) in [5.41, 5.74) is -0.751. The van der Waals surface area contributed by atoms with Crippen LogP contribution in [0.15, 0.2) is 0 Å². The molecular formula is C8H18N2O2S. The van der Waals surface area contributed by atoms with Crippen molar-refractivity contribution in [1.82, 2.24) is 10.6 Å². The number of aliphatic hydroxyl groups excluding tert-OH is 2. The lowest BCUT2D eigenvalue weighted by molar-refractivity contribution is 0.119. The second kappa shape index (κ2) is 5.36. The van der Waals surface area contributed by atoms with Crippen LogP contribution in [-0.2, 0) is 0 Å². The van der Waals surface area contributed by atoms with Gasteiger partial charge in [-0.05, 0) is 33.0 Å². The Morgan fingerprint density at radius 1 is 1.38 bits per heavy atom. The van der Waals surface area contributed by atoms with E-state index in [1.54, 1.807) is 6.92 Å². The summed E-state index contributed by atoms with van der Waals surface area (Å²) < 4.78 is 0. The van der Waals surface area contributed by atoms with Crippen LogP contribution < -0.4 is 10.6 Å². The van der Waals surface area contributed by atoms with E-state index >= 15 is 0 Å². The van der Waals surface area contributed by atoms with Crippen molar-refractivity contribution in [2.75, 3.05) is 13.2 Å². The van der Waals surface area contributed by atoms with E-state index < -0.39 is 5.54 Å². The number of aliphatic hydroxyl groups is 2. The molecule has 0 unspecified atom stereocenters. The molecule has 0 fully saturated rings. The summed E-state index contributed by atoms with van der Waals surface area (Å²) in [4.78, 5) is 0. The van der Waals surface area contributed by atoms with Gasteiger partial charge < -0.3 is 20.8 Å². The second-order valence-corrected chi connectivity index (χ2v) is 4.04. The van der Waals surface area contributed by atoms with E-state index in [0.29, 0.717) is 5.11 Å². The highest BCUT2D eigenvalue weighted by molar-refractivity contribution is 7.80. The Morgan fingerprint density at radius 3 is 2.15 bits per heavy atom. The van der Waals surface area contributed by atoms with Crippen LogP contribution in [0.5, 0.6) is 0 Å². The molecule has 78 valence electrons. The summed E-state index contributed by atoms with van der Waals surface area (Å²) in [6, 6.07) is 0.238. The molecule has 0 saturated carbocycles. The van der Waals surface area contributed by atoms with Gasteiger partial charge in [-0.1, -0.05) is 0 Å². The van der Waals surface area contributed by atoms with Crippen LogP contribution in [0.4, 0.5) is 0 Å². The number of hydrogen-bond acceptors (Lipinski definition) is 3. The monoisotopic (exact) mass is 206 g/mol. The van der Waals surface area contributed by atoms with Crippen LogP contribution in [0.3, 0.4) is 0 Å². The molecule has 0 aromatic heterocycles. The highest BCUT2D eigenvalue weighted by atomic mass is 32.1. The zero-order chi connectivity index (χ0) is 10.5. The van der Waals surface area contributed by atoms with Gasteiger partial charge in [0.25, 0.3) is 0 Å². The molecule has 0 bridgehead atoms. The van der Waals surface area contributed by atoms with Gasteiger partial charge in [0, 0.05) is 6.04 Å². The van der Waals surface area contributed by atoms with Gasteiger partial charge in [-0.15, -0.1) is 0 Å². The van der Waals surface area contributed by atoms with Crippen LogP contribution >= 0.6 is 12.2 Å². The lowest BCUT2D eigenvalue weighted by Gasteiger charge is -2.28. The third-order valence-corrected chi connectivity index (χ3v) is 1.75. The molecule has 0 atom stereocenters. The molecule has 0 aromatic rings. The average Bonchev–Trinajstić information content (AvgIpc) is 2.02. The van der Waals surface area contributed by atoms with Crippen molar-refractivity contribution in [3.63, 3.8) is 0 Å². The molecule has 4 nitrogen and oxygen atoms in total. The van der Waals surface area contributed by atoms with E-state index in [1.807, 2.05) is 13.8 Å². The van der Waals surface area contributed by atoms with Crippen molar-refractivity contribution < 1.29 is 10.2 Å². The van der Waals surface area contributed by atoms with Crippen LogP contribution in [0.2, 0.25) is 0 Å². The molecule has 0 amide bonds. The molecule has 0 spiro atoms. The molecule has 13 heavy (non-hydrogen) atoms. The lowest BCUT2D eigenvalue weighted by Crippen LogP contribution is -2.55. The van der Waals surface area contributed by atoms with Gasteiger partial charge in [-0.25, -0.2) is 0 Å². The van der Waals surface area contributed by atoms with E-state index in [2.05, 4.69) is 10.6 Å². The first-order valence-electron chi connectivity index (χ1n) is 4.24. The maximum atomic E-state index is 8.96. The van der Waals surface area contributed by atoms with Crippen LogP contribution in [-0.4, -0.2) is 40.1 Å². The third-order valence-electron chi connectivity index (χ3n) is 1.53. The topological polar surface area (TPSA) is 64.5 Å². The Morgan fingerprint density at radius 2 is 1.85 bits per heavy atom. The van der Waals surface area contributed by atoms with Gasteiger partial charge in [0.15, 0.2) is 5.11 Å². The van der Waals surface area contributed by atoms with Crippen molar-refractivity contribution >= 4 is 17.3 Å². The fourth-order valence-electron chi connectivity index (χ4n) is 0.701. The molecular weight excluding hydrogens is 188 g/mol. The normalized spacial score (nSPS) is 11.5. The summed E-state index contributed by atoms with van der Waals surface area (Å²) in [6.07, 6.45) is 0. The predicted octanol–water partition coefficient (Wildman–Crippen LogP) is -0.398. The fraction of sp³-hybridized carbons (Fsp3) is 0.875. The maximum Gasteiger partial charge on any atom is 0.167 e. The molecule has 0 aromatic carbocycles. The zero-order valence-corrected chi connectivity index (χ0v) is 9.11. The van der Waals surface area contributed by atoms with Crippen molar-refractivity contribution in [2.45, 2.75) is 32.4 Å². The minimum Gasteiger partial charge on any atom is -0.394 e. The van der Waals surface area contributed by atoms with Crippen LogP contribution in [0, 0.1) is 0 Å². The number of rotatable bonds is 4. The van der Waals surface area contributed by atoms with Gasteiger partial charge in [0.1, 0.15) is 0 Å². The molecule has 0 radical (unpaired) electrons. The Bertz CT molecular complexity index is 170. The lowest BCUT2D eigenvalue weighted by atomic mass is 10.1. The van der Waals surface area contributed by atoms with Crippen molar-refractivity contribution in [3.05, 3.63) is 0 Å². The van der Waals surface area contributed by atoms with E-state index in [0.717, 1.165) is 0 Å². The van der Waals surface area contributed by atoms with Crippen LogP contribution in [0.1, 0.15) is 20.8 Å². The fourth-order valence-corrected chi connectivity index (χ4v) is 1.18. The Balaban J connectivity index is 4.02. The first-order valence-corrected chi connectivity index (χ1v) is 4.65. The molecule has 5 heteroatoms. The summed E-state index contributed by atoms with van der Waals surface area (Å²) in [7, 11) is 0. The molecule has 0 saturated heterocycles. The molecule has 0 aliphatic rings. The van der Waals surface area contributed by atoms with E-state index in [-0.39, 0.29) is 19.3 Å². The Kier molecular flexibility index (Phi) is 5.20. The maximum absolute atomic E-state index is 8.96. The van der Waals surface area contributed by atoms with Gasteiger partial charge in [0.2, 0.25) is 0 Å². The predicted molar refractivity (Wildman–Crippen MR) is 56.6 cm³/mol. The molecule has 0 aliphatic heterocycles. The summed E-state index contributed by atoms with van der Waals surface area (Å²) in [6.45, 7) is 5.29. The molecule has 0 rings (SSSR count). The van der Waals surface area contributed by atoms with Gasteiger partial charge in [0.05, 0.1) is 18.8 Å². The molecule has 0 heterocycles. The zero-order valence-electron chi connectivity index (χ0n) is 8.29. The number of hydrogen-bond donors (Lipinski definition) is 4. The van der Waals surface area contributed by atoms with Gasteiger partial charge in [-0.2, -0.15) is 0 Å². The molecule has 0 aliphatic carbocycles. The Hall–Kier alpha value is -0.390. The minimum atomic E-state index is -0.751. The number of thiocarbonyl (C=S) groups is 1. The third kappa shape index (κ3) is 5.02. The average molecular weight is 206 g/mol. The van der Waals surface area contributed by atoms with Crippen LogP contribution in [0.25, 0.3) is 0 Å². The summed E-state index contributed by atoms with van der Waals surface area (Å²) >= 11 is 4.97. The summed E-state index contributed by atoms with van der Waals surface area (Å²) in [5.74, 6) is 0. The first-order chi connectivity index (χ1) is 5.93. The second-order valence-electron chi connectivity index (χ2n) is 3.63. The highest BCUT2D eigenvalue weighted by Crippen LogP contribution is 2.00. The van der Waals surface area contributed by atoms with Gasteiger partial charge >= 0.3 is 0 Å². The largest absolute Gasteiger partial charge is 0.394 e. The smallest absolute Gasteiger partial charge is 0.167 e. The number of nitrogens with one attached hydrogen (secondary N) is 2.